The SMILES string of the molecule is CC/C=C\C/C=C\C/C=C\C/C=C\C/C=C\CC(=O)OCC(COCCCCCCCC/C=C\C/C=C\C/C=C\CC)OC(=O)CCCCCCC. The molecule has 0 aromatic rings. The standard InChI is InChI=1S/C47H76O5/c1-4-7-10-13-15-17-19-21-23-25-27-29-31-33-36-39-42-50-43-45(52-47(49)41-38-34-12-9-6-3)44-51-46(48)40-37-35-32-30-28-26-24-22-20-18-16-14-11-8-5-2/h7-8,10-11,15-18,21-24,28,30,35,37,45H,4-6,9,12-14,19-20,25-27,29,31-34,36,38-44H2,1-3H3/b10-7-,11-8-,17-15-,18-16-,23-21-,24-22-,30-28-,37-35-. The molecule has 0 aliphatic rings. The lowest BCUT2D eigenvalue weighted by Gasteiger charge is -2.18. The highest BCUT2D eigenvalue weighted by Gasteiger charge is 2.17. The highest BCUT2D eigenvalue weighted by molar-refractivity contribution is 5.71. The van der Waals surface area contributed by atoms with Crippen molar-refractivity contribution in [1.82, 2.24) is 0 Å². The summed E-state index contributed by atoms with van der Waals surface area (Å²) in [5.41, 5.74) is 0. The van der Waals surface area contributed by atoms with Gasteiger partial charge in [-0.3, -0.25) is 9.59 Å². The number of ether oxygens (including phenoxy) is 3. The number of carbonyl (C=O) groups excluding carboxylic acids is 2. The number of hydrogen-bond acceptors (Lipinski definition) is 5. The van der Waals surface area contributed by atoms with Gasteiger partial charge in [-0.1, -0.05) is 169 Å². The third kappa shape index (κ3) is 39.6. The van der Waals surface area contributed by atoms with Gasteiger partial charge in [0.15, 0.2) is 6.10 Å². The molecule has 0 fully saturated rings. The lowest BCUT2D eigenvalue weighted by Crippen LogP contribution is -2.30. The van der Waals surface area contributed by atoms with Gasteiger partial charge < -0.3 is 14.2 Å². The van der Waals surface area contributed by atoms with Gasteiger partial charge in [0.05, 0.1) is 13.0 Å². The molecular weight excluding hydrogens is 645 g/mol. The van der Waals surface area contributed by atoms with E-state index in [0.717, 1.165) is 89.9 Å². The molecule has 0 bridgehead atoms. The number of carbonyl (C=O) groups is 2. The topological polar surface area (TPSA) is 61.8 Å². The average Bonchev–Trinajstić information content (AvgIpc) is 3.14. The van der Waals surface area contributed by atoms with Crippen LogP contribution in [0, 0.1) is 0 Å². The molecule has 5 nitrogen and oxygen atoms in total. The Kier molecular flexibility index (Phi) is 39.7. The van der Waals surface area contributed by atoms with Gasteiger partial charge in [-0.2, -0.15) is 0 Å². The van der Waals surface area contributed by atoms with Crippen LogP contribution < -0.4 is 0 Å². The first kappa shape index (κ1) is 48.8. The van der Waals surface area contributed by atoms with E-state index < -0.39 is 6.10 Å². The van der Waals surface area contributed by atoms with Gasteiger partial charge >= 0.3 is 11.9 Å². The van der Waals surface area contributed by atoms with E-state index in [4.69, 9.17) is 14.2 Å². The smallest absolute Gasteiger partial charge is 0.309 e. The molecule has 294 valence electrons. The summed E-state index contributed by atoms with van der Waals surface area (Å²) in [6.45, 7) is 7.36. The number of rotatable bonds is 36. The Hall–Kier alpha value is -3.18. The van der Waals surface area contributed by atoms with Crippen molar-refractivity contribution in [2.45, 2.75) is 168 Å². The zero-order valence-electron chi connectivity index (χ0n) is 33.5. The van der Waals surface area contributed by atoms with Gasteiger partial charge in [-0.05, 0) is 77.0 Å². The third-order valence-corrected chi connectivity index (χ3v) is 8.15. The lowest BCUT2D eigenvalue weighted by molar-refractivity contribution is -0.162. The van der Waals surface area contributed by atoms with E-state index in [9.17, 15) is 9.59 Å². The molecule has 5 heteroatoms. The molecule has 0 aromatic carbocycles. The normalized spacial score (nSPS) is 13.2. The first-order valence-corrected chi connectivity index (χ1v) is 20.8. The molecule has 0 saturated carbocycles. The predicted octanol–water partition coefficient (Wildman–Crippen LogP) is 13.5. The number of allylic oxidation sites excluding steroid dienone is 15. The van der Waals surface area contributed by atoms with Crippen LogP contribution in [0.1, 0.15) is 162 Å². The Morgan fingerprint density at radius 2 is 0.923 bits per heavy atom. The van der Waals surface area contributed by atoms with Crippen molar-refractivity contribution >= 4 is 11.9 Å². The maximum absolute atomic E-state index is 12.5. The quantitative estimate of drug-likeness (QED) is 0.0366. The molecule has 52 heavy (non-hydrogen) atoms. The molecule has 0 amide bonds. The van der Waals surface area contributed by atoms with E-state index >= 15 is 0 Å². The molecule has 0 aliphatic heterocycles. The van der Waals surface area contributed by atoms with Crippen molar-refractivity contribution in [3.05, 3.63) is 97.2 Å². The van der Waals surface area contributed by atoms with Crippen molar-refractivity contribution in [3.63, 3.8) is 0 Å². The average molecular weight is 721 g/mol. The van der Waals surface area contributed by atoms with Crippen LogP contribution in [-0.2, 0) is 23.8 Å². The monoisotopic (exact) mass is 721 g/mol. The van der Waals surface area contributed by atoms with Crippen molar-refractivity contribution < 1.29 is 23.8 Å². The minimum Gasteiger partial charge on any atom is -0.461 e. The van der Waals surface area contributed by atoms with Crippen molar-refractivity contribution in [2.75, 3.05) is 19.8 Å². The second kappa shape index (κ2) is 42.2. The Morgan fingerprint density at radius 1 is 0.462 bits per heavy atom. The summed E-state index contributed by atoms with van der Waals surface area (Å²) in [6, 6.07) is 0. The highest BCUT2D eigenvalue weighted by atomic mass is 16.6. The van der Waals surface area contributed by atoms with Gasteiger partial charge in [0, 0.05) is 13.0 Å². The highest BCUT2D eigenvalue weighted by Crippen LogP contribution is 2.10. The Bertz CT molecular complexity index is 1040. The predicted molar refractivity (Wildman–Crippen MR) is 223 cm³/mol. The summed E-state index contributed by atoms with van der Waals surface area (Å²) < 4.78 is 17.0. The number of hydrogen-bond donors (Lipinski definition) is 0. The summed E-state index contributed by atoms with van der Waals surface area (Å²) in [4.78, 5) is 24.9. The molecule has 0 radical (unpaired) electrons. The second-order valence-corrected chi connectivity index (χ2v) is 13.2. The molecule has 0 aromatic heterocycles. The van der Waals surface area contributed by atoms with E-state index in [0.29, 0.717) is 13.0 Å². The maximum atomic E-state index is 12.5. The summed E-state index contributed by atoms with van der Waals surface area (Å²) in [7, 11) is 0. The van der Waals surface area contributed by atoms with Crippen LogP contribution in [0.4, 0.5) is 0 Å². The fourth-order valence-corrected chi connectivity index (χ4v) is 5.12. The van der Waals surface area contributed by atoms with Crippen LogP contribution in [0.3, 0.4) is 0 Å². The number of esters is 2. The summed E-state index contributed by atoms with van der Waals surface area (Å²) in [6.07, 6.45) is 56.0. The maximum Gasteiger partial charge on any atom is 0.309 e. The first-order valence-electron chi connectivity index (χ1n) is 20.8. The van der Waals surface area contributed by atoms with Gasteiger partial charge in [-0.15, -0.1) is 0 Å². The van der Waals surface area contributed by atoms with E-state index in [-0.39, 0.29) is 31.6 Å². The molecule has 0 heterocycles. The van der Waals surface area contributed by atoms with Gasteiger partial charge in [-0.25, -0.2) is 0 Å². The summed E-state index contributed by atoms with van der Waals surface area (Å²) in [5, 5.41) is 0. The Labute approximate surface area is 320 Å². The minimum absolute atomic E-state index is 0.0200. The van der Waals surface area contributed by atoms with E-state index in [1.807, 2.05) is 12.2 Å². The molecule has 1 atom stereocenters. The van der Waals surface area contributed by atoms with Crippen LogP contribution in [-0.4, -0.2) is 37.9 Å². The molecule has 1 unspecified atom stereocenters. The zero-order chi connectivity index (χ0) is 37.8. The molecule has 0 aliphatic carbocycles. The molecule has 0 spiro atoms. The van der Waals surface area contributed by atoms with Crippen molar-refractivity contribution in [1.29, 1.82) is 0 Å². The molecular formula is C47H76O5. The third-order valence-electron chi connectivity index (χ3n) is 8.15. The Balaban J connectivity index is 4.27. The van der Waals surface area contributed by atoms with Crippen LogP contribution in [0.25, 0.3) is 0 Å². The molecule has 0 rings (SSSR count). The van der Waals surface area contributed by atoms with Crippen LogP contribution >= 0.6 is 0 Å². The van der Waals surface area contributed by atoms with Crippen LogP contribution in [0.2, 0.25) is 0 Å². The first-order chi connectivity index (χ1) is 25.6. The summed E-state index contributed by atoms with van der Waals surface area (Å²) in [5.74, 6) is -0.574. The fraction of sp³-hybridized carbons (Fsp3) is 0.617. The van der Waals surface area contributed by atoms with E-state index in [2.05, 4.69) is 106 Å². The second-order valence-electron chi connectivity index (χ2n) is 13.2. The largest absolute Gasteiger partial charge is 0.461 e. The molecule has 0 N–H and O–H groups in total. The van der Waals surface area contributed by atoms with Gasteiger partial charge in [0.2, 0.25) is 0 Å². The minimum atomic E-state index is -0.582. The van der Waals surface area contributed by atoms with Gasteiger partial charge in [0.1, 0.15) is 6.61 Å². The van der Waals surface area contributed by atoms with Crippen molar-refractivity contribution in [3.8, 4) is 0 Å². The van der Waals surface area contributed by atoms with Crippen LogP contribution in [0.15, 0.2) is 97.2 Å². The van der Waals surface area contributed by atoms with Crippen LogP contribution in [0.5, 0.6) is 0 Å². The zero-order valence-corrected chi connectivity index (χ0v) is 33.5. The number of unbranched alkanes of at least 4 members (excludes halogenated alkanes) is 10. The lowest BCUT2D eigenvalue weighted by atomic mass is 10.1. The van der Waals surface area contributed by atoms with Gasteiger partial charge in [0.25, 0.3) is 0 Å². The Morgan fingerprint density at radius 3 is 1.48 bits per heavy atom. The molecule has 0 saturated heterocycles. The van der Waals surface area contributed by atoms with E-state index in [1.54, 1.807) is 0 Å². The van der Waals surface area contributed by atoms with E-state index in [1.165, 1.54) is 38.5 Å². The summed E-state index contributed by atoms with van der Waals surface area (Å²) >= 11 is 0. The van der Waals surface area contributed by atoms with Crippen molar-refractivity contribution in [2.24, 2.45) is 0 Å². The fourth-order valence-electron chi connectivity index (χ4n) is 5.12.